The Labute approximate surface area is 208 Å². The van der Waals surface area contributed by atoms with Gasteiger partial charge in [-0.15, -0.1) is 0 Å². The average Bonchev–Trinajstić information content (AvgIpc) is 3.05. The minimum absolute atomic E-state index is 0.185. The van der Waals surface area contributed by atoms with Gasteiger partial charge in [-0.3, -0.25) is 0 Å². The minimum atomic E-state index is -0.447. The van der Waals surface area contributed by atoms with Crippen molar-refractivity contribution in [3.05, 3.63) is 26.9 Å². The Morgan fingerprint density at radius 1 is 1.06 bits per heavy atom. The quantitative estimate of drug-likeness (QED) is 0.385. The third-order valence-electron chi connectivity index (χ3n) is 6.91. The van der Waals surface area contributed by atoms with E-state index in [9.17, 15) is 4.79 Å². The van der Waals surface area contributed by atoms with E-state index >= 15 is 0 Å². The number of rotatable bonds is 3. The third kappa shape index (κ3) is 5.52. The van der Waals surface area contributed by atoms with E-state index in [0.717, 1.165) is 52.9 Å². The third-order valence-corrected chi connectivity index (χ3v) is 8.75. The monoisotopic (exact) mass is 567 g/mol. The summed E-state index contributed by atoms with van der Waals surface area (Å²) in [6.45, 7) is 10.6. The van der Waals surface area contributed by atoms with Gasteiger partial charge in [0.25, 0.3) is 0 Å². The number of aromatic nitrogens is 2. The second kappa shape index (κ2) is 9.65. The number of ether oxygens (including phenoxy) is 1. The Morgan fingerprint density at radius 2 is 1.69 bits per heavy atom. The van der Waals surface area contributed by atoms with E-state index in [4.69, 9.17) is 9.72 Å². The van der Waals surface area contributed by atoms with Crippen LogP contribution in [-0.2, 0) is 11.3 Å². The molecule has 0 bridgehead atoms. The van der Waals surface area contributed by atoms with Crippen molar-refractivity contribution < 1.29 is 9.53 Å². The number of likely N-dealkylation sites (tertiary alicyclic amines) is 1. The molecule has 0 N–H and O–H groups in total. The Hall–Kier alpha value is -1.08. The predicted molar refractivity (Wildman–Crippen MR) is 136 cm³/mol. The van der Waals surface area contributed by atoms with Crippen LogP contribution in [0.15, 0.2) is 21.1 Å². The summed E-state index contributed by atoms with van der Waals surface area (Å²) in [4.78, 5) is 19.5. The number of hydrogen-bond donors (Lipinski definition) is 0. The number of hydrogen-bond acceptors (Lipinski definition) is 3. The van der Waals surface area contributed by atoms with E-state index in [-0.39, 0.29) is 6.09 Å². The first-order valence-electron chi connectivity index (χ1n) is 11.9. The molecule has 1 aromatic carbocycles. The van der Waals surface area contributed by atoms with Crippen molar-refractivity contribution in [1.29, 1.82) is 0 Å². The van der Waals surface area contributed by atoms with Crippen molar-refractivity contribution in [2.45, 2.75) is 84.3 Å². The van der Waals surface area contributed by atoms with Gasteiger partial charge in [-0.25, -0.2) is 9.78 Å². The molecule has 2 fully saturated rings. The largest absolute Gasteiger partial charge is 0.444 e. The van der Waals surface area contributed by atoms with Crippen LogP contribution in [0, 0.1) is 11.8 Å². The summed E-state index contributed by atoms with van der Waals surface area (Å²) in [5, 5.41) is 0. The molecule has 176 valence electrons. The fraction of sp³-hybridized carbons (Fsp3) is 0.680. The van der Waals surface area contributed by atoms with E-state index in [1.165, 1.54) is 37.0 Å². The number of imidazole rings is 1. The SMILES string of the molecule is CC1CCC(c2nc3cc(Br)c(Br)cc3n2CC2CCN(C(=O)OC(C)(C)C)CC2)CC1. The summed E-state index contributed by atoms with van der Waals surface area (Å²) in [6.07, 6.45) is 6.84. The van der Waals surface area contributed by atoms with Crippen LogP contribution in [0.5, 0.6) is 0 Å². The van der Waals surface area contributed by atoms with Crippen LogP contribution in [0.3, 0.4) is 0 Å². The number of fused-ring (bicyclic) bond motifs is 1. The van der Waals surface area contributed by atoms with Crippen LogP contribution >= 0.6 is 31.9 Å². The molecule has 1 aliphatic carbocycles. The Morgan fingerprint density at radius 3 is 2.31 bits per heavy atom. The van der Waals surface area contributed by atoms with Gasteiger partial charge in [0.2, 0.25) is 0 Å². The zero-order valence-electron chi connectivity index (χ0n) is 19.7. The summed E-state index contributed by atoms with van der Waals surface area (Å²) >= 11 is 7.34. The Balaban J connectivity index is 1.53. The highest BCUT2D eigenvalue weighted by molar-refractivity contribution is 9.13. The van der Waals surface area contributed by atoms with Crippen LogP contribution in [0.1, 0.15) is 78.0 Å². The second-order valence-corrected chi connectivity index (χ2v) is 12.4. The average molecular weight is 569 g/mol. The van der Waals surface area contributed by atoms with Gasteiger partial charge in [0, 0.05) is 34.5 Å². The molecule has 1 saturated heterocycles. The molecule has 1 aliphatic heterocycles. The lowest BCUT2D eigenvalue weighted by Gasteiger charge is -2.34. The number of benzene rings is 1. The summed E-state index contributed by atoms with van der Waals surface area (Å²) in [5.74, 6) is 3.16. The highest BCUT2D eigenvalue weighted by Gasteiger charge is 2.30. The molecule has 0 unspecified atom stereocenters. The zero-order chi connectivity index (χ0) is 23.0. The van der Waals surface area contributed by atoms with Gasteiger partial charge < -0.3 is 14.2 Å². The Bertz CT molecular complexity index is 966. The minimum Gasteiger partial charge on any atom is -0.444 e. The first kappa shape index (κ1) is 24.1. The smallest absolute Gasteiger partial charge is 0.410 e. The van der Waals surface area contributed by atoms with Gasteiger partial charge in [0.05, 0.1) is 11.0 Å². The zero-order valence-corrected chi connectivity index (χ0v) is 22.8. The van der Waals surface area contributed by atoms with E-state index in [1.807, 2.05) is 25.7 Å². The maximum absolute atomic E-state index is 12.4. The lowest BCUT2D eigenvalue weighted by Crippen LogP contribution is -2.42. The number of halogens is 2. The lowest BCUT2D eigenvalue weighted by molar-refractivity contribution is 0.0178. The molecule has 0 spiro atoms. The van der Waals surface area contributed by atoms with Crippen LogP contribution < -0.4 is 0 Å². The predicted octanol–water partition coefficient (Wildman–Crippen LogP) is 7.50. The molecule has 1 aromatic heterocycles. The van der Waals surface area contributed by atoms with E-state index in [1.54, 1.807) is 0 Å². The number of amides is 1. The van der Waals surface area contributed by atoms with Crippen molar-refractivity contribution in [3.63, 3.8) is 0 Å². The maximum atomic E-state index is 12.4. The van der Waals surface area contributed by atoms with E-state index in [2.05, 4.69) is 55.5 Å². The van der Waals surface area contributed by atoms with Crippen LogP contribution in [0.2, 0.25) is 0 Å². The van der Waals surface area contributed by atoms with Gasteiger partial charge in [0.15, 0.2) is 0 Å². The lowest BCUT2D eigenvalue weighted by atomic mass is 9.82. The highest BCUT2D eigenvalue weighted by Crippen LogP contribution is 2.38. The molecule has 7 heteroatoms. The van der Waals surface area contributed by atoms with Gasteiger partial charge in [0.1, 0.15) is 11.4 Å². The molecule has 0 radical (unpaired) electrons. The van der Waals surface area contributed by atoms with Crippen molar-refractivity contribution in [3.8, 4) is 0 Å². The van der Waals surface area contributed by atoms with Gasteiger partial charge >= 0.3 is 6.09 Å². The molecule has 5 nitrogen and oxygen atoms in total. The van der Waals surface area contributed by atoms with Crippen molar-refractivity contribution >= 4 is 49.0 Å². The Kier molecular flexibility index (Phi) is 7.26. The van der Waals surface area contributed by atoms with Crippen LogP contribution in [0.4, 0.5) is 4.79 Å². The molecule has 2 heterocycles. The number of nitrogens with zero attached hydrogens (tertiary/aromatic N) is 3. The summed E-state index contributed by atoms with van der Waals surface area (Å²) < 4.78 is 10.2. The molecular weight excluding hydrogens is 534 g/mol. The molecule has 1 amide bonds. The van der Waals surface area contributed by atoms with Crippen molar-refractivity contribution in [2.24, 2.45) is 11.8 Å². The molecular formula is C25H35Br2N3O2. The van der Waals surface area contributed by atoms with Gasteiger partial charge in [-0.1, -0.05) is 19.8 Å². The number of carbonyl (C=O) groups excluding carboxylic acids is 1. The number of piperidine rings is 1. The van der Waals surface area contributed by atoms with Gasteiger partial charge in [-0.2, -0.15) is 0 Å². The second-order valence-electron chi connectivity index (χ2n) is 10.7. The highest BCUT2D eigenvalue weighted by atomic mass is 79.9. The van der Waals surface area contributed by atoms with E-state index in [0.29, 0.717) is 11.8 Å². The summed E-state index contributed by atoms with van der Waals surface area (Å²) in [6, 6.07) is 4.34. The first-order valence-corrected chi connectivity index (χ1v) is 13.5. The fourth-order valence-corrected chi connectivity index (χ4v) is 5.71. The molecule has 4 rings (SSSR count). The van der Waals surface area contributed by atoms with Crippen molar-refractivity contribution in [1.82, 2.24) is 14.5 Å². The maximum Gasteiger partial charge on any atom is 0.410 e. The van der Waals surface area contributed by atoms with E-state index < -0.39 is 5.60 Å². The normalized spacial score (nSPS) is 23.0. The van der Waals surface area contributed by atoms with Crippen LogP contribution in [-0.4, -0.2) is 39.2 Å². The summed E-state index contributed by atoms with van der Waals surface area (Å²) in [7, 11) is 0. The standard InChI is InChI=1S/C25H35Br2N3O2/c1-16-5-7-18(8-6-16)23-28-21-13-19(26)20(27)14-22(21)30(23)15-17-9-11-29(12-10-17)24(31)32-25(2,3)4/h13-14,16-18H,5-12,15H2,1-4H3. The van der Waals surface area contributed by atoms with Crippen LogP contribution in [0.25, 0.3) is 11.0 Å². The topological polar surface area (TPSA) is 47.4 Å². The first-order chi connectivity index (χ1) is 15.1. The number of carbonyl (C=O) groups is 1. The molecule has 1 saturated carbocycles. The molecule has 32 heavy (non-hydrogen) atoms. The molecule has 2 aliphatic rings. The van der Waals surface area contributed by atoms with Gasteiger partial charge in [-0.05, 0) is 102 Å². The van der Waals surface area contributed by atoms with Crippen molar-refractivity contribution in [2.75, 3.05) is 13.1 Å². The summed E-state index contributed by atoms with van der Waals surface area (Å²) in [5.41, 5.74) is 1.83. The molecule has 2 aromatic rings. The molecule has 0 atom stereocenters. The fourth-order valence-electron chi connectivity index (χ4n) is 5.04.